The molecule has 6 rings (SSSR count). The molecule has 37 heavy (non-hydrogen) atoms. The SMILES string of the molecule is CCCCC(=O)Nc1cncc(-c2ccc3[nH]nc(-c4nc5c(-c6cccnc6)ccnc5[nH]4)c3c2)c1. The molecule has 9 nitrogen and oxygen atoms in total. The van der Waals surface area contributed by atoms with E-state index in [1.807, 2.05) is 42.6 Å². The number of unbranched alkanes of at least 4 members (excludes halogenated alkanes) is 1. The molecule has 6 aromatic rings. The molecular formula is C28H24N8O. The van der Waals surface area contributed by atoms with Crippen LogP contribution in [0.15, 0.2) is 73.4 Å². The molecular weight excluding hydrogens is 464 g/mol. The Morgan fingerprint density at radius 1 is 0.973 bits per heavy atom. The number of aromatic amines is 2. The molecule has 0 aliphatic heterocycles. The number of pyridine rings is 3. The van der Waals surface area contributed by atoms with Crippen molar-refractivity contribution in [2.45, 2.75) is 26.2 Å². The minimum Gasteiger partial charge on any atom is -0.325 e. The average molecular weight is 489 g/mol. The van der Waals surface area contributed by atoms with Gasteiger partial charge >= 0.3 is 0 Å². The summed E-state index contributed by atoms with van der Waals surface area (Å²) in [7, 11) is 0. The van der Waals surface area contributed by atoms with Crippen LogP contribution in [0.2, 0.25) is 0 Å². The predicted molar refractivity (Wildman–Crippen MR) is 144 cm³/mol. The lowest BCUT2D eigenvalue weighted by Gasteiger charge is -2.07. The molecule has 0 saturated heterocycles. The van der Waals surface area contributed by atoms with Gasteiger partial charge in [-0.05, 0) is 42.3 Å². The Kier molecular flexibility index (Phi) is 5.86. The molecule has 1 aromatic carbocycles. The van der Waals surface area contributed by atoms with Crippen LogP contribution in [0.4, 0.5) is 5.69 Å². The maximum absolute atomic E-state index is 12.2. The second-order valence-corrected chi connectivity index (χ2v) is 8.83. The van der Waals surface area contributed by atoms with E-state index < -0.39 is 0 Å². The lowest BCUT2D eigenvalue weighted by molar-refractivity contribution is -0.116. The van der Waals surface area contributed by atoms with Gasteiger partial charge in [0.05, 0.1) is 17.4 Å². The Hall–Kier alpha value is -4.92. The number of nitrogens with zero attached hydrogens (tertiary/aromatic N) is 5. The standard InChI is InChI=1S/C28H24N8O/c1-2-3-6-24(37)32-20-12-19(15-30-16-20)17-7-8-23-22(13-17)26(36-35-23)28-33-25-21(9-11-31-27(25)34-28)18-5-4-10-29-14-18/h4-5,7-16H,2-3,6H2,1H3,(H,32,37)(H,35,36)(H,31,33,34). The summed E-state index contributed by atoms with van der Waals surface area (Å²) in [5.74, 6) is 0.620. The Labute approximate surface area is 212 Å². The van der Waals surface area contributed by atoms with E-state index in [0.29, 0.717) is 29.3 Å². The average Bonchev–Trinajstić information content (AvgIpc) is 3.56. The smallest absolute Gasteiger partial charge is 0.224 e. The lowest BCUT2D eigenvalue weighted by Crippen LogP contribution is -2.11. The zero-order valence-electron chi connectivity index (χ0n) is 20.2. The van der Waals surface area contributed by atoms with E-state index >= 15 is 0 Å². The Morgan fingerprint density at radius 3 is 2.76 bits per heavy atom. The van der Waals surface area contributed by atoms with Crippen molar-refractivity contribution in [3.05, 3.63) is 73.4 Å². The van der Waals surface area contributed by atoms with Crippen LogP contribution in [0.3, 0.4) is 0 Å². The normalized spacial score (nSPS) is 11.3. The molecule has 5 aromatic heterocycles. The maximum Gasteiger partial charge on any atom is 0.224 e. The van der Waals surface area contributed by atoms with Gasteiger partial charge in [-0.25, -0.2) is 9.97 Å². The molecule has 0 saturated carbocycles. The van der Waals surface area contributed by atoms with Crippen molar-refractivity contribution in [1.82, 2.24) is 35.1 Å². The quantitative estimate of drug-likeness (QED) is 0.263. The predicted octanol–water partition coefficient (Wildman–Crippen LogP) is 5.75. The van der Waals surface area contributed by atoms with Crippen molar-refractivity contribution in [2.24, 2.45) is 0 Å². The Balaban J connectivity index is 1.37. The van der Waals surface area contributed by atoms with Crippen molar-refractivity contribution < 1.29 is 4.79 Å². The summed E-state index contributed by atoms with van der Waals surface area (Å²) in [5.41, 5.74) is 7.47. The van der Waals surface area contributed by atoms with E-state index in [4.69, 9.17) is 4.98 Å². The van der Waals surface area contributed by atoms with E-state index in [2.05, 4.69) is 48.4 Å². The lowest BCUT2D eigenvalue weighted by atomic mass is 10.0. The summed E-state index contributed by atoms with van der Waals surface area (Å²) in [5, 5.41) is 11.5. The molecule has 1 amide bonds. The molecule has 182 valence electrons. The van der Waals surface area contributed by atoms with E-state index in [-0.39, 0.29) is 5.91 Å². The summed E-state index contributed by atoms with van der Waals surface area (Å²) in [4.78, 5) is 33.4. The fourth-order valence-corrected chi connectivity index (χ4v) is 4.38. The van der Waals surface area contributed by atoms with Crippen molar-refractivity contribution >= 4 is 33.7 Å². The number of anilines is 1. The highest BCUT2D eigenvalue weighted by Gasteiger charge is 2.16. The molecule has 0 aliphatic carbocycles. The highest BCUT2D eigenvalue weighted by atomic mass is 16.1. The molecule has 9 heteroatoms. The number of amides is 1. The number of imidazole rings is 1. The van der Waals surface area contributed by atoms with Crippen molar-refractivity contribution in [1.29, 1.82) is 0 Å². The van der Waals surface area contributed by atoms with Gasteiger partial charge in [0, 0.05) is 53.3 Å². The van der Waals surface area contributed by atoms with E-state index in [0.717, 1.165) is 51.5 Å². The number of fused-ring (bicyclic) bond motifs is 2. The van der Waals surface area contributed by atoms with Gasteiger partial charge in [0.1, 0.15) is 11.2 Å². The highest BCUT2D eigenvalue weighted by molar-refractivity contribution is 5.97. The van der Waals surface area contributed by atoms with Crippen molar-refractivity contribution in [3.8, 4) is 33.8 Å². The largest absolute Gasteiger partial charge is 0.325 e. The van der Waals surface area contributed by atoms with E-state index in [1.165, 1.54) is 0 Å². The van der Waals surface area contributed by atoms with E-state index in [1.54, 1.807) is 24.8 Å². The van der Waals surface area contributed by atoms with Crippen molar-refractivity contribution in [2.75, 3.05) is 5.32 Å². The topological polar surface area (TPSA) is 125 Å². The summed E-state index contributed by atoms with van der Waals surface area (Å²) >= 11 is 0. The van der Waals surface area contributed by atoms with Crippen LogP contribution in [-0.2, 0) is 4.79 Å². The minimum absolute atomic E-state index is 0.00230. The molecule has 0 fully saturated rings. The number of aromatic nitrogens is 7. The van der Waals surface area contributed by atoms with Crippen LogP contribution < -0.4 is 5.32 Å². The first-order valence-electron chi connectivity index (χ1n) is 12.2. The van der Waals surface area contributed by atoms with Gasteiger partial charge in [-0.15, -0.1) is 0 Å². The molecule has 0 aliphatic rings. The minimum atomic E-state index is -0.00230. The van der Waals surface area contributed by atoms with Crippen LogP contribution in [0.25, 0.3) is 55.8 Å². The number of carbonyl (C=O) groups excluding carboxylic acids is 1. The number of rotatable bonds is 7. The number of hydrogen-bond acceptors (Lipinski definition) is 6. The number of nitrogens with one attached hydrogen (secondary N) is 3. The molecule has 0 unspecified atom stereocenters. The Morgan fingerprint density at radius 2 is 1.89 bits per heavy atom. The molecule has 0 bridgehead atoms. The number of carbonyl (C=O) groups is 1. The second kappa shape index (κ2) is 9.62. The van der Waals surface area contributed by atoms with Gasteiger partial charge in [-0.3, -0.25) is 19.9 Å². The number of hydrogen-bond donors (Lipinski definition) is 3. The number of benzene rings is 1. The summed E-state index contributed by atoms with van der Waals surface area (Å²) in [6.45, 7) is 2.07. The molecule has 5 heterocycles. The summed E-state index contributed by atoms with van der Waals surface area (Å²) < 4.78 is 0. The third-order valence-corrected chi connectivity index (χ3v) is 6.26. The first-order valence-corrected chi connectivity index (χ1v) is 12.2. The van der Waals surface area contributed by atoms with E-state index in [9.17, 15) is 4.79 Å². The summed E-state index contributed by atoms with van der Waals surface area (Å²) in [6.07, 6.45) is 11.1. The van der Waals surface area contributed by atoms with Crippen LogP contribution in [0.5, 0.6) is 0 Å². The van der Waals surface area contributed by atoms with Gasteiger partial charge in [-0.2, -0.15) is 5.10 Å². The monoisotopic (exact) mass is 488 g/mol. The fourth-order valence-electron chi connectivity index (χ4n) is 4.38. The maximum atomic E-state index is 12.2. The first-order chi connectivity index (χ1) is 18.2. The zero-order chi connectivity index (χ0) is 25.2. The zero-order valence-corrected chi connectivity index (χ0v) is 20.2. The highest BCUT2D eigenvalue weighted by Crippen LogP contribution is 2.32. The van der Waals surface area contributed by atoms with Crippen molar-refractivity contribution in [3.63, 3.8) is 0 Å². The fraction of sp³-hybridized carbons (Fsp3) is 0.143. The van der Waals surface area contributed by atoms with Crippen LogP contribution in [0.1, 0.15) is 26.2 Å². The van der Waals surface area contributed by atoms with Crippen LogP contribution in [0, 0.1) is 0 Å². The van der Waals surface area contributed by atoms with Gasteiger partial charge < -0.3 is 10.3 Å². The molecule has 0 spiro atoms. The first kappa shape index (κ1) is 22.5. The van der Waals surface area contributed by atoms with Gasteiger partial charge in [0.15, 0.2) is 11.5 Å². The molecule has 3 N–H and O–H groups in total. The van der Waals surface area contributed by atoms with Crippen LogP contribution in [-0.4, -0.2) is 41.0 Å². The number of H-pyrrole nitrogens is 2. The molecule has 0 radical (unpaired) electrons. The van der Waals surface area contributed by atoms with Gasteiger partial charge in [0.25, 0.3) is 0 Å². The third kappa shape index (κ3) is 4.42. The van der Waals surface area contributed by atoms with Crippen LogP contribution >= 0.6 is 0 Å². The summed E-state index contributed by atoms with van der Waals surface area (Å²) in [6, 6.07) is 13.8. The second-order valence-electron chi connectivity index (χ2n) is 8.83. The van der Waals surface area contributed by atoms with Gasteiger partial charge in [0.2, 0.25) is 5.91 Å². The Bertz CT molecular complexity index is 1720. The van der Waals surface area contributed by atoms with Gasteiger partial charge in [-0.1, -0.05) is 25.5 Å². The third-order valence-electron chi connectivity index (χ3n) is 6.26. The molecule has 0 atom stereocenters.